The van der Waals surface area contributed by atoms with Gasteiger partial charge in [-0.25, -0.2) is 0 Å². The largest absolute Gasteiger partial charge is 0.729 e. The number of hydrogen-bond acceptors (Lipinski definition) is 0. The maximum absolute atomic E-state index is 5.85. The van der Waals surface area contributed by atoms with Crippen LogP contribution in [0.3, 0.4) is 0 Å². The fourth-order valence-corrected chi connectivity index (χ4v) is 0. The maximum atomic E-state index is 5.85. The SMILES string of the molecule is [C-]#C[CH2-].[U]. The predicted molar refractivity (Wildman–Crippen MR) is 12.5 cm³/mol. The molecule has 0 aliphatic heterocycles. The zero-order chi connectivity index (χ0) is 2.71. The summed E-state index contributed by atoms with van der Waals surface area (Å²) in [4.78, 5) is 0. The molecule has 0 spiro atoms. The number of rotatable bonds is 0. The summed E-state index contributed by atoms with van der Waals surface area (Å²) in [5, 5.41) is 0. The van der Waals surface area contributed by atoms with E-state index >= 15 is 0 Å². The van der Waals surface area contributed by atoms with E-state index in [2.05, 4.69) is 6.92 Å². The van der Waals surface area contributed by atoms with Gasteiger partial charge in [0.1, 0.15) is 0 Å². The van der Waals surface area contributed by atoms with Gasteiger partial charge >= 0.3 is 0 Å². The van der Waals surface area contributed by atoms with Crippen molar-refractivity contribution in [3.63, 3.8) is 0 Å². The predicted octanol–water partition coefficient (Wildman–Crippen LogP) is 0.410. The zero-order valence-corrected chi connectivity index (χ0v) is 6.37. The summed E-state index contributed by atoms with van der Waals surface area (Å²) in [6.07, 6.45) is 5.85. The van der Waals surface area contributed by atoms with Crippen molar-refractivity contribution in [2.75, 3.05) is 0 Å². The Morgan fingerprint density at radius 3 is 1.75 bits per heavy atom. The molecule has 0 rings (SSSR count). The molecule has 0 nitrogen and oxygen atoms in total. The molecular weight excluding hydrogens is 274 g/mol. The van der Waals surface area contributed by atoms with Crippen molar-refractivity contribution in [3.05, 3.63) is 13.3 Å². The van der Waals surface area contributed by atoms with Gasteiger partial charge in [0.25, 0.3) is 0 Å². The fourth-order valence-electron chi connectivity index (χ4n) is 0. The third-order valence-corrected chi connectivity index (χ3v) is 0. The summed E-state index contributed by atoms with van der Waals surface area (Å²) in [5.74, 6) is 1.75. The first kappa shape index (κ1) is 8.82. The van der Waals surface area contributed by atoms with Crippen molar-refractivity contribution >= 4 is 0 Å². The Bertz CT molecular complexity index is 24.8. The van der Waals surface area contributed by atoms with Gasteiger partial charge in [-0.3, -0.25) is 0 Å². The van der Waals surface area contributed by atoms with Crippen LogP contribution in [0.1, 0.15) is 0 Å². The van der Waals surface area contributed by atoms with Gasteiger partial charge < -0.3 is 19.3 Å². The fraction of sp³-hybridized carbons (Fsp3) is 0. The van der Waals surface area contributed by atoms with Crippen LogP contribution in [0.15, 0.2) is 0 Å². The van der Waals surface area contributed by atoms with E-state index in [1.54, 1.807) is 5.92 Å². The van der Waals surface area contributed by atoms with Crippen molar-refractivity contribution < 1.29 is 31.1 Å². The molecule has 0 fully saturated rings. The van der Waals surface area contributed by atoms with E-state index in [0.29, 0.717) is 0 Å². The summed E-state index contributed by atoms with van der Waals surface area (Å²) in [6, 6.07) is 0. The van der Waals surface area contributed by atoms with E-state index in [4.69, 9.17) is 6.42 Å². The minimum atomic E-state index is 0. The molecule has 0 unspecified atom stereocenters. The van der Waals surface area contributed by atoms with Crippen molar-refractivity contribution in [1.82, 2.24) is 0 Å². The van der Waals surface area contributed by atoms with Crippen molar-refractivity contribution in [3.8, 4) is 5.92 Å². The van der Waals surface area contributed by atoms with Gasteiger partial charge in [0.2, 0.25) is 0 Å². The molecule has 0 saturated carbocycles. The summed E-state index contributed by atoms with van der Waals surface area (Å²) in [7, 11) is 0. The van der Waals surface area contributed by atoms with Gasteiger partial charge in [0.15, 0.2) is 0 Å². The molecular formula is C3H2U-2. The second-order valence-electron chi connectivity index (χ2n) is 0.177. The van der Waals surface area contributed by atoms with Crippen LogP contribution in [0, 0.1) is 50.4 Å². The average molecular weight is 276 g/mol. The monoisotopic (exact) mass is 276 g/mol. The molecule has 0 aliphatic rings. The molecule has 0 aliphatic carbocycles. The van der Waals surface area contributed by atoms with Crippen LogP contribution in [0.25, 0.3) is 0 Å². The Kier molecular flexibility index (Phi) is 21.5. The van der Waals surface area contributed by atoms with Crippen molar-refractivity contribution in [2.45, 2.75) is 0 Å². The van der Waals surface area contributed by atoms with Crippen LogP contribution in [-0.2, 0) is 0 Å². The Labute approximate surface area is 50.3 Å². The second kappa shape index (κ2) is 9.77. The minimum absolute atomic E-state index is 0. The molecule has 0 heterocycles. The summed E-state index contributed by atoms with van der Waals surface area (Å²) in [5.41, 5.74) is 0. The summed E-state index contributed by atoms with van der Waals surface area (Å²) < 4.78 is 0. The molecule has 0 bridgehead atoms. The van der Waals surface area contributed by atoms with Gasteiger partial charge in [0, 0.05) is 31.1 Å². The molecule has 0 amide bonds. The molecule has 0 atom stereocenters. The topological polar surface area (TPSA) is 0 Å². The first-order valence-corrected chi connectivity index (χ1v) is 0.604. The maximum Gasteiger partial charge on any atom is 0 e. The smallest absolute Gasteiger partial charge is 0 e. The molecule has 0 aromatic carbocycles. The Morgan fingerprint density at radius 2 is 1.75 bits per heavy atom. The molecule has 0 radical (unpaired) electrons. The van der Waals surface area contributed by atoms with Gasteiger partial charge in [-0.05, 0) is 0 Å². The van der Waals surface area contributed by atoms with E-state index in [9.17, 15) is 0 Å². The zero-order valence-electron chi connectivity index (χ0n) is 2.21. The van der Waals surface area contributed by atoms with Crippen LogP contribution in [0.2, 0.25) is 0 Å². The molecule has 20 valence electrons. The van der Waals surface area contributed by atoms with E-state index in [1.165, 1.54) is 0 Å². The van der Waals surface area contributed by atoms with Gasteiger partial charge in [-0.2, -0.15) is 0 Å². The van der Waals surface area contributed by atoms with E-state index < -0.39 is 0 Å². The van der Waals surface area contributed by atoms with E-state index in [1.807, 2.05) is 0 Å². The molecule has 0 aromatic rings. The third-order valence-electron chi connectivity index (χ3n) is 0. The van der Waals surface area contributed by atoms with Gasteiger partial charge in [0.05, 0.1) is 0 Å². The standard InChI is InChI=1S/C3H2.U/c1-3-2;/h1H2;/q-2;. The van der Waals surface area contributed by atoms with E-state index in [0.717, 1.165) is 0 Å². The minimum Gasteiger partial charge on any atom is -0.729 e. The normalized spacial score (nSPS) is 1.75. The van der Waals surface area contributed by atoms with Crippen LogP contribution >= 0.6 is 0 Å². The molecule has 1 heteroatoms. The van der Waals surface area contributed by atoms with Gasteiger partial charge in [-0.1, -0.05) is 0 Å². The first-order chi connectivity index (χ1) is 1.41. The van der Waals surface area contributed by atoms with Crippen LogP contribution in [-0.4, -0.2) is 0 Å². The van der Waals surface area contributed by atoms with Crippen LogP contribution in [0.5, 0.6) is 0 Å². The third kappa shape index (κ3) is 23.5. The van der Waals surface area contributed by atoms with Crippen LogP contribution < -0.4 is 0 Å². The van der Waals surface area contributed by atoms with Gasteiger partial charge in [-0.15, -0.1) is 0 Å². The Morgan fingerprint density at radius 1 is 1.75 bits per heavy atom. The molecule has 0 N–H and O–H groups in total. The summed E-state index contributed by atoms with van der Waals surface area (Å²) >= 11 is 0. The quantitative estimate of drug-likeness (QED) is 0.444. The molecule has 4 heavy (non-hydrogen) atoms. The second-order valence-corrected chi connectivity index (χ2v) is 0.177. The molecule has 0 saturated heterocycles. The van der Waals surface area contributed by atoms with Crippen molar-refractivity contribution in [2.24, 2.45) is 0 Å². The Balaban J connectivity index is 0. The number of hydrogen-bond donors (Lipinski definition) is 0. The average Bonchev–Trinajstić information content (AvgIpc) is 0.918. The van der Waals surface area contributed by atoms with E-state index in [-0.39, 0.29) is 31.1 Å². The Hall–Kier alpha value is 0.482. The summed E-state index contributed by atoms with van der Waals surface area (Å²) in [6.45, 7) is 2.90. The molecule has 0 aromatic heterocycles. The van der Waals surface area contributed by atoms with Crippen LogP contribution in [0.4, 0.5) is 0 Å². The van der Waals surface area contributed by atoms with Crippen molar-refractivity contribution in [1.29, 1.82) is 0 Å². The first-order valence-electron chi connectivity index (χ1n) is 0.604.